The molecule has 0 amide bonds. The summed E-state index contributed by atoms with van der Waals surface area (Å²) >= 11 is 1.71. The number of hydrogen-bond donors (Lipinski definition) is 1. The number of carboxylic acids is 1. The van der Waals surface area contributed by atoms with E-state index in [4.69, 9.17) is 5.11 Å². The Kier molecular flexibility index (Phi) is 22.1. The van der Waals surface area contributed by atoms with Gasteiger partial charge >= 0.3 is 5.97 Å². The van der Waals surface area contributed by atoms with Crippen molar-refractivity contribution in [3.63, 3.8) is 0 Å². The van der Waals surface area contributed by atoms with Crippen molar-refractivity contribution in [3.8, 4) is 0 Å². The first-order valence-corrected chi connectivity index (χ1v) is 9.95. The van der Waals surface area contributed by atoms with Crippen LogP contribution in [0.3, 0.4) is 0 Å². The summed E-state index contributed by atoms with van der Waals surface area (Å²) in [6.45, 7) is 6.32. The molecule has 4 heteroatoms. The van der Waals surface area contributed by atoms with Crippen LogP contribution in [0.5, 0.6) is 0 Å². The summed E-state index contributed by atoms with van der Waals surface area (Å²) < 4.78 is 0. The predicted octanol–water partition coefficient (Wildman–Crippen LogP) is 5.71. The molecule has 3 nitrogen and oxygen atoms in total. The van der Waals surface area contributed by atoms with Gasteiger partial charge in [-0.05, 0) is 18.6 Å². The van der Waals surface area contributed by atoms with Gasteiger partial charge in [-0.15, -0.1) is 0 Å². The van der Waals surface area contributed by atoms with Crippen LogP contribution >= 0.6 is 11.8 Å². The number of aliphatic carboxylic acids is 1. The molecular formula is C18H36O3S. The standard InChI is InChI=1S/C12H24O2.C6H12OS/c1-2-3-4-5-6-7-8-9-10-11-12(13)14;1-3-6(5-7)8-4-2/h2-11H2,1H3,(H,13,14);5-6H,3-4H2,1-2H3. The highest BCUT2D eigenvalue weighted by molar-refractivity contribution is 8.00. The smallest absolute Gasteiger partial charge is 0.303 e. The molecule has 1 atom stereocenters. The highest BCUT2D eigenvalue weighted by atomic mass is 32.2. The summed E-state index contributed by atoms with van der Waals surface area (Å²) in [5.41, 5.74) is 0. The van der Waals surface area contributed by atoms with Crippen molar-refractivity contribution in [2.45, 2.75) is 96.7 Å². The molecular weight excluding hydrogens is 296 g/mol. The second kappa shape index (κ2) is 20.5. The van der Waals surface area contributed by atoms with Gasteiger partial charge in [0.05, 0.1) is 5.25 Å². The molecule has 0 aromatic rings. The predicted molar refractivity (Wildman–Crippen MR) is 97.8 cm³/mol. The van der Waals surface area contributed by atoms with E-state index in [1.165, 1.54) is 44.9 Å². The van der Waals surface area contributed by atoms with Gasteiger partial charge in [-0.2, -0.15) is 11.8 Å². The number of unbranched alkanes of at least 4 members (excludes halogenated alkanes) is 8. The summed E-state index contributed by atoms with van der Waals surface area (Å²) in [5.74, 6) is 0.380. The van der Waals surface area contributed by atoms with E-state index in [0.717, 1.165) is 31.3 Å². The molecule has 1 N–H and O–H groups in total. The highest BCUT2D eigenvalue weighted by Crippen LogP contribution is 2.10. The summed E-state index contributed by atoms with van der Waals surface area (Å²) in [6.07, 6.45) is 13.5. The number of hydrogen-bond acceptors (Lipinski definition) is 3. The Morgan fingerprint density at radius 3 is 1.77 bits per heavy atom. The third-order valence-corrected chi connectivity index (χ3v) is 4.64. The Labute approximate surface area is 141 Å². The Bertz CT molecular complexity index is 244. The molecule has 0 saturated heterocycles. The number of carboxylic acid groups (broad SMARTS) is 1. The van der Waals surface area contributed by atoms with E-state index in [1.54, 1.807) is 11.8 Å². The van der Waals surface area contributed by atoms with Crippen molar-refractivity contribution in [1.82, 2.24) is 0 Å². The lowest BCUT2D eigenvalue weighted by atomic mass is 10.1. The molecule has 0 radical (unpaired) electrons. The molecule has 0 fully saturated rings. The molecule has 0 aromatic heterocycles. The monoisotopic (exact) mass is 332 g/mol. The quantitative estimate of drug-likeness (QED) is 0.327. The van der Waals surface area contributed by atoms with Gasteiger partial charge in [-0.3, -0.25) is 4.79 Å². The van der Waals surface area contributed by atoms with Crippen LogP contribution in [0.2, 0.25) is 0 Å². The summed E-state index contributed by atoms with van der Waals surface area (Å²) in [5, 5.41) is 8.65. The van der Waals surface area contributed by atoms with Gasteiger partial charge in [0.25, 0.3) is 0 Å². The average molecular weight is 333 g/mol. The zero-order chi connectivity index (χ0) is 17.1. The first-order valence-electron chi connectivity index (χ1n) is 8.90. The van der Waals surface area contributed by atoms with Crippen LogP contribution in [0.4, 0.5) is 0 Å². The molecule has 0 saturated carbocycles. The highest BCUT2D eigenvalue weighted by Gasteiger charge is 2.00. The average Bonchev–Trinajstić information content (AvgIpc) is 2.51. The van der Waals surface area contributed by atoms with Crippen LogP contribution in [-0.2, 0) is 9.59 Å². The van der Waals surface area contributed by atoms with Crippen molar-refractivity contribution in [2.75, 3.05) is 5.75 Å². The first-order chi connectivity index (χ1) is 10.6. The lowest BCUT2D eigenvalue weighted by Gasteiger charge is -2.01. The second-order valence-corrected chi connectivity index (χ2v) is 7.03. The molecule has 0 rings (SSSR count). The van der Waals surface area contributed by atoms with E-state index < -0.39 is 5.97 Å². The van der Waals surface area contributed by atoms with Gasteiger partial charge in [-0.1, -0.05) is 72.1 Å². The number of rotatable bonds is 14. The Hall–Kier alpha value is -0.510. The van der Waals surface area contributed by atoms with Crippen LogP contribution in [-0.4, -0.2) is 28.4 Å². The second-order valence-electron chi connectivity index (χ2n) is 5.51. The van der Waals surface area contributed by atoms with Crippen molar-refractivity contribution in [1.29, 1.82) is 0 Å². The minimum atomic E-state index is -0.659. The van der Waals surface area contributed by atoms with E-state index in [9.17, 15) is 9.59 Å². The topological polar surface area (TPSA) is 54.4 Å². The number of carbonyl (C=O) groups excluding carboxylic acids is 1. The Morgan fingerprint density at radius 1 is 0.955 bits per heavy atom. The van der Waals surface area contributed by atoms with Crippen molar-refractivity contribution >= 4 is 24.0 Å². The zero-order valence-corrected chi connectivity index (χ0v) is 15.6. The molecule has 0 aliphatic rings. The summed E-state index contributed by atoms with van der Waals surface area (Å²) in [6, 6.07) is 0. The molecule has 1 unspecified atom stereocenters. The van der Waals surface area contributed by atoms with Gasteiger partial charge in [0, 0.05) is 6.42 Å². The molecule has 0 aliphatic carbocycles. The van der Waals surface area contributed by atoms with Crippen LogP contribution in [0.25, 0.3) is 0 Å². The fraction of sp³-hybridized carbons (Fsp3) is 0.889. The zero-order valence-electron chi connectivity index (χ0n) is 14.8. The van der Waals surface area contributed by atoms with Crippen LogP contribution < -0.4 is 0 Å². The lowest BCUT2D eigenvalue weighted by molar-refractivity contribution is -0.137. The largest absolute Gasteiger partial charge is 0.481 e. The maximum Gasteiger partial charge on any atom is 0.303 e. The third-order valence-electron chi connectivity index (χ3n) is 3.43. The summed E-state index contributed by atoms with van der Waals surface area (Å²) in [7, 11) is 0. The molecule has 0 aromatic carbocycles. The summed E-state index contributed by atoms with van der Waals surface area (Å²) in [4.78, 5) is 20.3. The Morgan fingerprint density at radius 2 is 1.45 bits per heavy atom. The van der Waals surface area contributed by atoms with Crippen LogP contribution in [0.1, 0.15) is 91.4 Å². The molecule has 132 valence electrons. The molecule has 22 heavy (non-hydrogen) atoms. The number of carbonyl (C=O) groups is 2. The lowest BCUT2D eigenvalue weighted by Crippen LogP contribution is -2.01. The van der Waals surface area contributed by atoms with Crippen LogP contribution in [0, 0.1) is 0 Å². The van der Waals surface area contributed by atoms with Gasteiger partial charge in [0.1, 0.15) is 6.29 Å². The van der Waals surface area contributed by atoms with E-state index in [1.807, 2.05) is 6.92 Å². The third kappa shape index (κ3) is 21.8. The van der Waals surface area contributed by atoms with E-state index >= 15 is 0 Å². The van der Waals surface area contributed by atoms with Crippen molar-refractivity contribution in [2.24, 2.45) is 0 Å². The fourth-order valence-electron chi connectivity index (χ4n) is 2.05. The van der Waals surface area contributed by atoms with Gasteiger partial charge in [0.15, 0.2) is 0 Å². The van der Waals surface area contributed by atoms with E-state index in [0.29, 0.717) is 6.42 Å². The molecule has 0 aliphatic heterocycles. The van der Waals surface area contributed by atoms with E-state index in [-0.39, 0.29) is 5.25 Å². The fourth-order valence-corrected chi connectivity index (χ4v) is 2.80. The van der Waals surface area contributed by atoms with Crippen molar-refractivity contribution in [3.05, 3.63) is 0 Å². The number of thioether (sulfide) groups is 1. The van der Waals surface area contributed by atoms with Gasteiger partial charge in [-0.25, -0.2) is 0 Å². The minimum absolute atomic E-state index is 0.236. The maximum atomic E-state index is 10.2. The first kappa shape index (κ1) is 23.8. The minimum Gasteiger partial charge on any atom is -0.481 e. The normalized spacial score (nSPS) is 11.4. The maximum absolute atomic E-state index is 10.2. The van der Waals surface area contributed by atoms with Crippen LogP contribution in [0.15, 0.2) is 0 Å². The van der Waals surface area contributed by atoms with E-state index in [2.05, 4.69) is 13.8 Å². The molecule has 0 heterocycles. The van der Waals surface area contributed by atoms with Gasteiger partial charge < -0.3 is 9.90 Å². The Balaban J connectivity index is 0. The number of aldehydes is 1. The van der Waals surface area contributed by atoms with Crippen molar-refractivity contribution < 1.29 is 14.7 Å². The SMILES string of the molecule is CCCCCCCCCCCC(=O)O.CCSC(C=O)CC. The molecule has 0 bridgehead atoms. The van der Waals surface area contributed by atoms with Gasteiger partial charge in [0.2, 0.25) is 0 Å². The molecule has 0 spiro atoms.